The number of Topliss-reactive ketones (excluding diaryl/α,β-unsaturated/α-hetero) is 1. The normalized spacial score (nSPS) is 20.7. The van der Waals surface area contributed by atoms with Crippen molar-refractivity contribution < 1.29 is 32.2 Å². The smallest absolute Gasteiger partial charge is 0.295 e. The zero-order valence-electron chi connectivity index (χ0n) is 20.0. The third-order valence-corrected chi connectivity index (χ3v) is 8.48. The molecule has 0 aliphatic carbocycles. The summed E-state index contributed by atoms with van der Waals surface area (Å²) in [6, 6.07) is 10.2. The highest BCUT2D eigenvalue weighted by molar-refractivity contribution is 7.89. The van der Waals surface area contributed by atoms with Gasteiger partial charge in [0.05, 0.1) is 16.5 Å². The SMILES string of the molecule is COCCCN1C(=O)C(=O)/C(=C(/O)c2ccc(S(=O)(=O)N3CCCCC3)cc2)[C@@H]1c1ccccc1F. The maximum absolute atomic E-state index is 14.8. The summed E-state index contributed by atoms with van der Waals surface area (Å²) >= 11 is 0. The summed E-state index contributed by atoms with van der Waals surface area (Å²) in [5.74, 6) is -2.87. The zero-order valence-corrected chi connectivity index (χ0v) is 20.8. The van der Waals surface area contributed by atoms with Gasteiger partial charge in [0, 0.05) is 44.5 Å². The summed E-state index contributed by atoms with van der Waals surface area (Å²) in [6.07, 6.45) is 3.01. The Bertz CT molecular complexity index is 1270. The fraction of sp³-hybridized carbons (Fsp3) is 0.385. The average Bonchev–Trinajstić information content (AvgIpc) is 3.14. The Morgan fingerprint density at radius 1 is 1.06 bits per heavy atom. The van der Waals surface area contributed by atoms with Crippen molar-refractivity contribution in [2.24, 2.45) is 0 Å². The number of methoxy groups -OCH3 is 1. The van der Waals surface area contributed by atoms with Crippen molar-refractivity contribution >= 4 is 27.5 Å². The number of ether oxygens (including phenoxy) is 1. The summed E-state index contributed by atoms with van der Waals surface area (Å²) in [5.41, 5.74) is -0.00190. The molecule has 1 amide bonds. The summed E-state index contributed by atoms with van der Waals surface area (Å²) < 4.78 is 47.2. The molecule has 0 radical (unpaired) electrons. The van der Waals surface area contributed by atoms with Crippen LogP contribution in [-0.2, 0) is 24.3 Å². The minimum atomic E-state index is -3.68. The van der Waals surface area contributed by atoms with Crippen molar-refractivity contribution in [3.8, 4) is 0 Å². The monoisotopic (exact) mass is 516 g/mol. The topological polar surface area (TPSA) is 104 Å². The third kappa shape index (κ3) is 4.93. The standard InChI is InChI=1S/C26H29FN2O6S/c1-35-17-7-16-29-23(20-8-3-4-9-21(20)27)22(25(31)26(29)32)24(30)18-10-12-19(13-11-18)36(33,34)28-14-5-2-6-15-28/h3-4,8-13,23,30H,2,5-7,14-17H2,1H3/b24-22+/t23-/m0/s1. The van der Waals surface area contributed by atoms with Crippen LogP contribution in [0.15, 0.2) is 59.0 Å². The van der Waals surface area contributed by atoms with E-state index in [9.17, 15) is 27.5 Å². The van der Waals surface area contributed by atoms with Crippen LogP contribution in [0.5, 0.6) is 0 Å². The first kappa shape index (κ1) is 26.0. The van der Waals surface area contributed by atoms with Crippen molar-refractivity contribution in [1.82, 2.24) is 9.21 Å². The van der Waals surface area contributed by atoms with E-state index in [2.05, 4.69) is 0 Å². The molecule has 1 N–H and O–H groups in total. The highest BCUT2D eigenvalue weighted by atomic mass is 32.2. The Labute approximate surface area is 210 Å². The molecular formula is C26H29FN2O6S. The number of sulfonamides is 1. The van der Waals surface area contributed by atoms with Crippen LogP contribution in [0.2, 0.25) is 0 Å². The van der Waals surface area contributed by atoms with E-state index in [0.29, 0.717) is 26.1 Å². The number of hydrogen-bond donors (Lipinski definition) is 1. The lowest BCUT2D eigenvalue weighted by Gasteiger charge is -2.26. The fourth-order valence-corrected chi connectivity index (χ4v) is 6.22. The molecule has 2 aromatic carbocycles. The predicted molar refractivity (Wildman–Crippen MR) is 131 cm³/mol. The van der Waals surface area contributed by atoms with Crippen molar-refractivity contribution in [2.45, 2.75) is 36.6 Å². The second kappa shape index (κ2) is 10.9. The molecule has 2 saturated heterocycles. The van der Waals surface area contributed by atoms with Gasteiger partial charge in [0.1, 0.15) is 11.6 Å². The second-order valence-electron chi connectivity index (χ2n) is 8.85. The van der Waals surface area contributed by atoms with Crippen molar-refractivity contribution in [2.75, 3.05) is 33.4 Å². The van der Waals surface area contributed by atoms with E-state index < -0.39 is 39.3 Å². The van der Waals surface area contributed by atoms with E-state index in [-0.39, 0.29) is 28.1 Å². The van der Waals surface area contributed by atoms with Gasteiger partial charge in [-0.2, -0.15) is 4.31 Å². The Hall–Kier alpha value is -3.08. The quantitative estimate of drug-likeness (QED) is 0.249. The van der Waals surface area contributed by atoms with Gasteiger partial charge in [-0.05, 0) is 49.6 Å². The summed E-state index contributed by atoms with van der Waals surface area (Å²) in [7, 11) is -2.17. The molecule has 1 atom stereocenters. The first-order chi connectivity index (χ1) is 17.3. The first-order valence-corrected chi connectivity index (χ1v) is 13.3. The molecule has 0 saturated carbocycles. The van der Waals surface area contributed by atoms with Gasteiger partial charge in [0.2, 0.25) is 10.0 Å². The molecule has 0 spiro atoms. The molecule has 2 heterocycles. The van der Waals surface area contributed by atoms with Gasteiger partial charge < -0.3 is 14.7 Å². The number of benzene rings is 2. The van der Waals surface area contributed by atoms with Gasteiger partial charge in [0.15, 0.2) is 0 Å². The van der Waals surface area contributed by atoms with E-state index in [4.69, 9.17) is 4.74 Å². The Kier molecular flexibility index (Phi) is 7.87. The molecule has 2 fully saturated rings. The maximum Gasteiger partial charge on any atom is 0.295 e. The Balaban J connectivity index is 1.73. The Morgan fingerprint density at radius 3 is 2.36 bits per heavy atom. The highest BCUT2D eigenvalue weighted by Gasteiger charge is 2.46. The molecule has 0 unspecified atom stereocenters. The molecule has 2 aliphatic rings. The van der Waals surface area contributed by atoms with Gasteiger partial charge in [-0.25, -0.2) is 12.8 Å². The molecule has 8 nitrogen and oxygen atoms in total. The Morgan fingerprint density at radius 2 is 1.72 bits per heavy atom. The number of carbonyl (C=O) groups excluding carboxylic acids is 2. The number of halogens is 1. The number of aliphatic hydroxyl groups is 1. The number of nitrogens with zero attached hydrogens (tertiary/aromatic N) is 2. The van der Waals surface area contributed by atoms with Gasteiger partial charge >= 0.3 is 0 Å². The van der Waals surface area contributed by atoms with Gasteiger partial charge in [0.25, 0.3) is 11.7 Å². The molecule has 0 bridgehead atoms. The lowest BCUT2D eigenvalue weighted by atomic mass is 9.95. The number of rotatable bonds is 8. The van der Waals surface area contributed by atoms with Crippen molar-refractivity contribution in [1.29, 1.82) is 0 Å². The predicted octanol–water partition coefficient (Wildman–Crippen LogP) is 3.46. The number of ketones is 1. The molecule has 2 aliphatic heterocycles. The third-order valence-electron chi connectivity index (χ3n) is 6.57. The number of amides is 1. The highest BCUT2D eigenvalue weighted by Crippen LogP contribution is 2.40. The summed E-state index contributed by atoms with van der Waals surface area (Å²) in [6.45, 7) is 1.37. The van der Waals surface area contributed by atoms with E-state index in [1.54, 1.807) is 6.07 Å². The molecular weight excluding hydrogens is 487 g/mol. The summed E-state index contributed by atoms with van der Waals surface area (Å²) in [5, 5.41) is 11.1. The van der Waals surface area contributed by atoms with E-state index in [0.717, 1.165) is 19.3 Å². The van der Waals surface area contributed by atoms with Crippen LogP contribution in [0.25, 0.3) is 5.76 Å². The largest absolute Gasteiger partial charge is 0.507 e. The fourth-order valence-electron chi connectivity index (χ4n) is 4.70. The number of carbonyl (C=O) groups is 2. The number of hydrogen-bond acceptors (Lipinski definition) is 6. The van der Waals surface area contributed by atoms with Crippen LogP contribution in [0.4, 0.5) is 4.39 Å². The van der Waals surface area contributed by atoms with Crippen LogP contribution >= 0.6 is 0 Å². The van der Waals surface area contributed by atoms with E-state index >= 15 is 0 Å². The number of aliphatic hydroxyl groups excluding tert-OH is 1. The van der Waals surface area contributed by atoms with Crippen LogP contribution in [0.3, 0.4) is 0 Å². The number of piperidine rings is 1. The lowest BCUT2D eigenvalue weighted by Crippen LogP contribution is -2.35. The molecule has 192 valence electrons. The van der Waals surface area contributed by atoms with E-state index in [1.165, 1.54) is 58.8 Å². The zero-order chi connectivity index (χ0) is 25.9. The van der Waals surface area contributed by atoms with Gasteiger partial charge in [-0.3, -0.25) is 9.59 Å². The van der Waals surface area contributed by atoms with Crippen molar-refractivity contribution in [3.05, 3.63) is 71.0 Å². The summed E-state index contributed by atoms with van der Waals surface area (Å²) in [4.78, 5) is 27.2. The van der Waals surface area contributed by atoms with Crippen LogP contribution in [0.1, 0.15) is 42.9 Å². The van der Waals surface area contributed by atoms with Gasteiger partial charge in [-0.1, -0.05) is 24.6 Å². The molecule has 0 aromatic heterocycles. The van der Waals surface area contributed by atoms with Crippen LogP contribution in [0, 0.1) is 5.82 Å². The van der Waals surface area contributed by atoms with Crippen molar-refractivity contribution in [3.63, 3.8) is 0 Å². The second-order valence-corrected chi connectivity index (χ2v) is 10.8. The molecule has 2 aromatic rings. The maximum atomic E-state index is 14.8. The minimum Gasteiger partial charge on any atom is -0.507 e. The average molecular weight is 517 g/mol. The minimum absolute atomic E-state index is 0.0756. The molecule has 10 heteroatoms. The van der Waals surface area contributed by atoms with Crippen LogP contribution < -0.4 is 0 Å². The molecule has 4 rings (SSSR count). The lowest BCUT2D eigenvalue weighted by molar-refractivity contribution is -0.140. The van der Waals surface area contributed by atoms with Gasteiger partial charge in [-0.15, -0.1) is 0 Å². The first-order valence-electron chi connectivity index (χ1n) is 11.9. The number of likely N-dealkylation sites (tertiary alicyclic amines) is 1. The molecule has 36 heavy (non-hydrogen) atoms. The van der Waals surface area contributed by atoms with Crippen LogP contribution in [-0.4, -0.2) is 67.8 Å². The van der Waals surface area contributed by atoms with E-state index in [1.807, 2.05) is 0 Å².